The molecule has 1 unspecified atom stereocenters. The summed E-state index contributed by atoms with van der Waals surface area (Å²) in [7, 11) is 0. The number of nitrogens with zero attached hydrogens (tertiary/aromatic N) is 1. The Bertz CT molecular complexity index is 689. The Kier molecular flexibility index (Phi) is 3.22. The maximum atomic E-state index is 4.47. The molecule has 1 atom stereocenters. The van der Waals surface area contributed by atoms with Crippen molar-refractivity contribution in [1.82, 2.24) is 4.98 Å². The van der Waals surface area contributed by atoms with E-state index in [4.69, 9.17) is 0 Å². The third-order valence-corrected chi connectivity index (χ3v) is 4.37. The van der Waals surface area contributed by atoms with Crippen LogP contribution in [0.3, 0.4) is 0 Å². The highest BCUT2D eigenvalue weighted by Crippen LogP contribution is 2.29. The molecule has 0 saturated heterocycles. The van der Waals surface area contributed by atoms with Gasteiger partial charge in [-0.15, -0.1) is 11.3 Å². The number of rotatable bonds is 3. The zero-order valence-corrected chi connectivity index (χ0v) is 11.9. The number of thiophene rings is 1. The van der Waals surface area contributed by atoms with Crippen molar-refractivity contribution in [3.8, 4) is 0 Å². The van der Waals surface area contributed by atoms with Crippen LogP contribution in [0.1, 0.15) is 23.4 Å². The van der Waals surface area contributed by atoms with E-state index in [1.54, 1.807) is 11.3 Å². The zero-order valence-electron chi connectivity index (χ0n) is 11.1. The number of anilines is 1. The molecule has 0 fully saturated rings. The van der Waals surface area contributed by atoms with Crippen LogP contribution < -0.4 is 5.32 Å². The van der Waals surface area contributed by atoms with E-state index in [9.17, 15) is 0 Å². The Balaban J connectivity index is 2.00. The van der Waals surface area contributed by atoms with E-state index in [2.05, 4.69) is 59.9 Å². The second kappa shape index (κ2) is 5.02. The van der Waals surface area contributed by atoms with Gasteiger partial charge in [0, 0.05) is 22.1 Å². The number of pyridine rings is 1. The van der Waals surface area contributed by atoms with Gasteiger partial charge in [-0.05, 0) is 49.1 Å². The number of fused-ring (bicyclic) bond motifs is 1. The smallest absolute Gasteiger partial charge is 0.0751 e. The summed E-state index contributed by atoms with van der Waals surface area (Å²) in [5.41, 5.74) is 3.44. The van der Waals surface area contributed by atoms with Gasteiger partial charge in [0.25, 0.3) is 0 Å². The Hall–Kier alpha value is -1.87. The molecule has 1 N–H and O–H groups in total. The van der Waals surface area contributed by atoms with E-state index in [0.29, 0.717) is 6.04 Å². The summed E-state index contributed by atoms with van der Waals surface area (Å²) in [6.45, 7) is 4.29. The van der Waals surface area contributed by atoms with Crippen LogP contribution in [0, 0.1) is 6.92 Å². The highest BCUT2D eigenvalue weighted by molar-refractivity contribution is 7.10. The molecule has 0 amide bonds. The van der Waals surface area contributed by atoms with Gasteiger partial charge in [-0.3, -0.25) is 4.98 Å². The number of aromatic nitrogens is 1. The summed E-state index contributed by atoms with van der Waals surface area (Å²) < 4.78 is 0. The minimum absolute atomic E-state index is 0.311. The normalized spacial score (nSPS) is 12.5. The average Bonchev–Trinajstić information content (AvgIpc) is 2.96. The molecule has 0 radical (unpaired) electrons. The van der Waals surface area contributed by atoms with Crippen LogP contribution in [0.15, 0.2) is 48.0 Å². The zero-order chi connectivity index (χ0) is 13.2. The van der Waals surface area contributed by atoms with Crippen molar-refractivity contribution in [2.24, 2.45) is 0 Å². The van der Waals surface area contributed by atoms with Crippen LogP contribution in [-0.4, -0.2) is 4.98 Å². The monoisotopic (exact) mass is 268 g/mol. The molecule has 2 heterocycles. The van der Waals surface area contributed by atoms with Crippen LogP contribution in [-0.2, 0) is 0 Å². The molecule has 3 rings (SSSR count). The van der Waals surface area contributed by atoms with Crippen molar-refractivity contribution in [2.75, 3.05) is 5.32 Å². The molecule has 1 aromatic carbocycles. The van der Waals surface area contributed by atoms with Crippen molar-refractivity contribution in [3.05, 3.63) is 58.4 Å². The molecule has 0 aliphatic heterocycles. The lowest BCUT2D eigenvalue weighted by Crippen LogP contribution is -2.05. The molecule has 0 bridgehead atoms. The molecular weight excluding hydrogens is 252 g/mol. The fourth-order valence-electron chi connectivity index (χ4n) is 2.28. The summed E-state index contributed by atoms with van der Waals surface area (Å²) in [5, 5.41) is 6.88. The first-order valence-electron chi connectivity index (χ1n) is 6.40. The second-order valence-electron chi connectivity index (χ2n) is 4.71. The lowest BCUT2D eigenvalue weighted by atomic mass is 10.1. The van der Waals surface area contributed by atoms with E-state index in [-0.39, 0.29) is 0 Å². The Morgan fingerprint density at radius 2 is 2.05 bits per heavy atom. The molecule has 0 spiro atoms. The van der Waals surface area contributed by atoms with E-state index < -0.39 is 0 Å². The average molecular weight is 268 g/mol. The lowest BCUT2D eigenvalue weighted by molar-refractivity contribution is 0.910. The van der Waals surface area contributed by atoms with Gasteiger partial charge in [0.05, 0.1) is 11.6 Å². The summed E-state index contributed by atoms with van der Waals surface area (Å²) in [6.07, 6.45) is 1.85. The summed E-state index contributed by atoms with van der Waals surface area (Å²) in [6, 6.07) is 12.9. The van der Waals surface area contributed by atoms with E-state index in [0.717, 1.165) is 11.2 Å². The maximum Gasteiger partial charge on any atom is 0.0751 e. The van der Waals surface area contributed by atoms with Crippen LogP contribution >= 0.6 is 11.3 Å². The van der Waals surface area contributed by atoms with Crippen molar-refractivity contribution in [1.29, 1.82) is 0 Å². The topological polar surface area (TPSA) is 24.9 Å². The summed E-state index contributed by atoms with van der Waals surface area (Å²) in [4.78, 5) is 5.82. The predicted octanol–water partition coefficient (Wildman–Crippen LogP) is 4.78. The van der Waals surface area contributed by atoms with Crippen LogP contribution in [0.4, 0.5) is 5.69 Å². The first kappa shape index (κ1) is 12.2. The van der Waals surface area contributed by atoms with Crippen LogP contribution in [0.25, 0.3) is 10.9 Å². The Morgan fingerprint density at radius 1 is 1.16 bits per heavy atom. The van der Waals surface area contributed by atoms with E-state index in [1.807, 2.05) is 12.3 Å². The Morgan fingerprint density at radius 3 is 2.84 bits per heavy atom. The second-order valence-corrected chi connectivity index (χ2v) is 5.69. The lowest BCUT2D eigenvalue weighted by Gasteiger charge is -2.16. The first-order valence-corrected chi connectivity index (χ1v) is 7.28. The standard InChI is InChI=1S/C16H16N2S/c1-11-7-8-14(13-5-3-9-17-16(11)13)18-12(2)15-6-4-10-19-15/h3-10,12,18H,1-2H3. The number of benzene rings is 1. The van der Waals surface area contributed by atoms with Gasteiger partial charge in [0.1, 0.15) is 0 Å². The van der Waals surface area contributed by atoms with Crippen molar-refractivity contribution < 1.29 is 0 Å². The summed E-state index contributed by atoms with van der Waals surface area (Å²) >= 11 is 1.78. The van der Waals surface area contributed by atoms with Gasteiger partial charge in [0.15, 0.2) is 0 Å². The molecule has 3 aromatic rings. The van der Waals surface area contributed by atoms with Gasteiger partial charge in [-0.1, -0.05) is 12.1 Å². The quantitative estimate of drug-likeness (QED) is 0.739. The number of hydrogen-bond acceptors (Lipinski definition) is 3. The van der Waals surface area contributed by atoms with Gasteiger partial charge in [-0.2, -0.15) is 0 Å². The minimum Gasteiger partial charge on any atom is -0.377 e. The molecule has 0 aliphatic rings. The number of aryl methyl sites for hydroxylation is 1. The summed E-state index contributed by atoms with van der Waals surface area (Å²) in [5.74, 6) is 0. The largest absolute Gasteiger partial charge is 0.377 e. The predicted molar refractivity (Wildman–Crippen MR) is 82.8 cm³/mol. The third kappa shape index (κ3) is 2.34. The highest BCUT2D eigenvalue weighted by atomic mass is 32.1. The fourth-order valence-corrected chi connectivity index (χ4v) is 3.02. The molecular formula is C16H16N2S. The van der Waals surface area contributed by atoms with Gasteiger partial charge in [0.2, 0.25) is 0 Å². The van der Waals surface area contributed by atoms with Crippen LogP contribution in [0.2, 0.25) is 0 Å². The van der Waals surface area contributed by atoms with Crippen molar-refractivity contribution in [3.63, 3.8) is 0 Å². The molecule has 0 aliphatic carbocycles. The van der Waals surface area contributed by atoms with Crippen molar-refractivity contribution in [2.45, 2.75) is 19.9 Å². The van der Waals surface area contributed by atoms with Crippen molar-refractivity contribution >= 4 is 27.9 Å². The molecule has 19 heavy (non-hydrogen) atoms. The SMILES string of the molecule is Cc1ccc(NC(C)c2cccs2)c2cccnc12. The third-order valence-electron chi connectivity index (χ3n) is 3.31. The number of hydrogen-bond donors (Lipinski definition) is 1. The van der Waals surface area contributed by atoms with Gasteiger partial charge < -0.3 is 5.32 Å². The first-order chi connectivity index (χ1) is 9.25. The molecule has 96 valence electrons. The van der Waals surface area contributed by atoms with Gasteiger partial charge >= 0.3 is 0 Å². The molecule has 0 saturated carbocycles. The molecule has 2 nitrogen and oxygen atoms in total. The minimum atomic E-state index is 0.311. The number of nitrogens with one attached hydrogen (secondary N) is 1. The fraction of sp³-hybridized carbons (Fsp3) is 0.188. The molecule has 3 heteroatoms. The molecule has 2 aromatic heterocycles. The maximum absolute atomic E-state index is 4.47. The van der Waals surface area contributed by atoms with E-state index in [1.165, 1.54) is 15.8 Å². The highest BCUT2D eigenvalue weighted by Gasteiger charge is 2.09. The van der Waals surface area contributed by atoms with Gasteiger partial charge in [-0.25, -0.2) is 0 Å². The Labute approximate surface area is 117 Å². The van der Waals surface area contributed by atoms with Crippen LogP contribution in [0.5, 0.6) is 0 Å². The van der Waals surface area contributed by atoms with E-state index >= 15 is 0 Å².